The average Bonchev–Trinajstić information content (AvgIpc) is 3.19. The van der Waals surface area contributed by atoms with E-state index in [4.69, 9.17) is 0 Å². The van der Waals surface area contributed by atoms with E-state index in [0.29, 0.717) is 11.4 Å². The SMILES string of the molecule is CC(C(=O)Nc1ccc(NC(=O)Cc2ccc(F)cc2)cc1)n1cncn1. The Kier molecular flexibility index (Phi) is 5.55. The summed E-state index contributed by atoms with van der Waals surface area (Å²) >= 11 is 0. The smallest absolute Gasteiger partial charge is 0.249 e. The van der Waals surface area contributed by atoms with Gasteiger partial charge in [-0.3, -0.25) is 9.59 Å². The Balaban J connectivity index is 1.54. The third kappa shape index (κ3) is 4.97. The van der Waals surface area contributed by atoms with Gasteiger partial charge in [0.1, 0.15) is 24.5 Å². The standard InChI is InChI=1S/C19H18FN5O2/c1-13(25-12-21-11-22-25)19(27)24-17-8-6-16(7-9-17)23-18(26)10-14-2-4-15(20)5-3-14/h2-9,11-13H,10H2,1H3,(H,23,26)(H,24,27). The monoisotopic (exact) mass is 367 g/mol. The minimum atomic E-state index is -0.498. The molecular weight excluding hydrogens is 349 g/mol. The van der Waals surface area contributed by atoms with Crippen LogP contribution in [0.3, 0.4) is 0 Å². The molecule has 3 aromatic rings. The van der Waals surface area contributed by atoms with Crippen LogP contribution < -0.4 is 10.6 Å². The van der Waals surface area contributed by atoms with Gasteiger partial charge in [-0.15, -0.1) is 0 Å². The number of carbonyl (C=O) groups is 2. The van der Waals surface area contributed by atoms with E-state index in [1.165, 1.54) is 29.5 Å². The molecule has 0 saturated heterocycles. The van der Waals surface area contributed by atoms with Gasteiger partial charge in [0.25, 0.3) is 0 Å². The molecule has 0 fully saturated rings. The number of aromatic nitrogens is 3. The number of anilines is 2. The molecule has 8 heteroatoms. The van der Waals surface area contributed by atoms with E-state index < -0.39 is 6.04 Å². The molecule has 0 aliphatic rings. The molecule has 138 valence electrons. The summed E-state index contributed by atoms with van der Waals surface area (Å²) in [5.41, 5.74) is 1.92. The highest BCUT2D eigenvalue weighted by Gasteiger charge is 2.15. The predicted molar refractivity (Wildman–Crippen MR) is 98.5 cm³/mol. The lowest BCUT2D eigenvalue weighted by molar-refractivity contribution is -0.119. The number of rotatable bonds is 6. The molecule has 2 amide bonds. The van der Waals surface area contributed by atoms with Crippen molar-refractivity contribution in [2.75, 3.05) is 10.6 Å². The van der Waals surface area contributed by atoms with Crippen LogP contribution in [0.4, 0.5) is 15.8 Å². The van der Waals surface area contributed by atoms with Gasteiger partial charge in [-0.1, -0.05) is 12.1 Å². The molecule has 0 radical (unpaired) electrons. The summed E-state index contributed by atoms with van der Waals surface area (Å²) in [4.78, 5) is 28.1. The van der Waals surface area contributed by atoms with E-state index in [9.17, 15) is 14.0 Å². The number of hydrogen-bond donors (Lipinski definition) is 2. The van der Waals surface area contributed by atoms with Crippen molar-refractivity contribution >= 4 is 23.2 Å². The highest BCUT2D eigenvalue weighted by molar-refractivity contribution is 5.95. The quantitative estimate of drug-likeness (QED) is 0.701. The van der Waals surface area contributed by atoms with Gasteiger partial charge in [0.2, 0.25) is 11.8 Å². The number of carbonyl (C=O) groups excluding carboxylic acids is 2. The van der Waals surface area contributed by atoms with Crippen LogP contribution in [0.2, 0.25) is 0 Å². The van der Waals surface area contributed by atoms with E-state index in [-0.39, 0.29) is 24.1 Å². The second kappa shape index (κ2) is 8.22. The molecule has 27 heavy (non-hydrogen) atoms. The lowest BCUT2D eigenvalue weighted by Gasteiger charge is -2.12. The van der Waals surface area contributed by atoms with Gasteiger partial charge in [0.15, 0.2) is 0 Å². The van der Waals surface area contributed by atoms with Crippen molar-refractivity contribution in [1.82, 2.24) is 14.8 Å². The zero-order chi connectivity index (χ0) is 19.2. The number of hydrogen-bond acceptors (Lipinski definition) is 4. The van der Waals surface area contributed by atoms with Gasteiger partial charge in [-0.2, -0.15) is 5.10 Å². The normalized spacial score (nSPS) is 11.6. The van der Waals surface area contributed by atoms with Gasteiger partial charge in [0, 0.05) is 11.4 Å². The van der Waals surface area contributed by atoms with Crippen LogP contribution >= 0.6 is 0 Å². The van der Waals surface area contributed by atoms with Crippen molar-refractivity contribution in [2.45, 2.75) is 19.4 Å². The Labute approximate surface area is 155 Å². The first kappa shape index (κ1) is 18.2. The molecule has 1 unspecified atom stereocenters. The molecule has 1 aromatic heterocycles. The molecule has 1 atom stereocenters. The summed E-state index contributed by atoms with van der Waals surface area (Å²) in [7, 11) is 0. The topological polar surface area (TPSA) is 88.9 Å². The van der Waals surface area contributed by atoms with Crippen molar-refractivity contribution in [1.29, 1.82) is 0 Å². The fourth-order valence-electron chi connectivity index (χ4n) is 2.41. The number of amides is 2. The molecule has 3 rings (SSSR count). The zero-order valence-corrected chi connectivity index (χ0v) is 14.6. The molecular formula is C19H18FN5O2. The Hall–Kier alpha value is -3.55. The van der Waals surface area contributed by atoms with Gasteiger partial charge < -0.3 is 10.6 Å². The maximum absolute atomic E-state index is 12.9. The van der Waals surface area contributed by atoms with Crippen LogP contribution in [0.25, 0.3) is 0 Å². The van der Waals surface area contributed by atoms with Crippen LogP contribution in [0.15, 0.2) is 61.2 Å². The molecule has 0 bridgehead atoms. The van der Waals surface area contributed by atoms with E-state index in [1.807, 2.05) is 0 Å². The van der Waals surface area contributed by atoms with Crippen LogP contribution in [0, 0.1) is 5.82 Å². The summed E-state index contributed by atoms with van der Waals surface area (Å²) in [6.45, 7) is 1.72. The first-order valence-electron chi connectivity index (χ1n) is 8.30. The molecule has 7 nitrogen and oxygen atoms in total. The number of benzene rings is 2. The molecule has 0 aliphatic carbocycles. The van der Waals surface area contributed by atoms with Gasteiger partial charge in [-0.05, 0) is 48.9 Å². The van der Waals surface area contributed by atoms with Crippen molar-refractivity contribution in [3.8, 4) is 0 Å². The van der Waals surface area contributed by atoms with Gasteiger partial charge in [-0.25, -0.2) is 14.1 Å². The lowest BCUT2D eigenvalue weighted by atomic mass is 10.1. The van der Waals surface area contributed by atoms with Gasteiger partial charge >= 0.3 is 0 Å². The molecule has 2 aromatic carbocycles. The molecule has 0 aliphatic heterocycles. The first-order valence-corrected chi connectivity index (χ1v) is 8.30. The summed E-state index contributed by atoms with van der Waals surface area (Å²) in [5.74, 6) is -0.776. The lowest BCUT2D eigenvalue weighted by Crippen LogP contribution is -2.24. The third-order valence-corrected chi connectivity index (χ3v) is 3.93. The average molecular weight is 367 g/mol. The highest BCUT2D eigenvalue weighted by atomic mass is 19.1. The van der Waals surface area contributed by atoms with E-state index in [1.54, 1.807) is 43.3 Å². The van der Waals surface area contributed by atoms with Gasteiger partial charge in [0.05, 0.1) is 6.42 Å². The van der Waals surface area contributed by atoms with E-state index in [2.05, 4.69) is 20.7 Å². The Morgan fingerprint density at radius 1 is 1.04 bits per heavy atom. The number of nitrogens with one attached hydrogen (secondary N) is 2. The van der Waals surface area contributed by atoms with Crippen molar-refractivity contribution < 1.29 is 14.0 Å². The summed E-state index contributed by atoms with van der Waals surface area (Å²) < 4.78 is 14.3. The van der Waals surface area contributed by atoms with Crippen molar-refractivity contribution in [3.63, 3.8) is 0 Å². The maximum Gasteiger partial charge on any atom is 0.249 e. The second-order valence-corrected chi connectivity index (χ2v) is 5.97. The number of halogens is 1. The Bertz CT molecular complexity index is 908. The summed E-state index contributed by atoms with van der Waals surface area (Å²) in [5, 5.41) is 9.48. The minimum absolute atomic E-state index is 0.147. The largest absolute Gasteiger partial charge is 0.326 e. The molecule has 1 heterocycles. The van der Waals surface area contributed by atoms with Crippen LogP contribution in [0.5, 0.6) is 0 Å². The van der Waals surface area contributed by atoms with E-state index >= 15 is 0 Å². The van der Waals surface area contributed by atoms with Crippen molar-refractivity contribution in [2.24, 2.45) is 0 Å². The third-order valence-electron chi connectivity index (χ3n) is 3.93. The minimum Gasteiger partial charge on any atom is -0.326 e. The molecule has 0 saturated carbocycles. The fraction of sp³-hybridized carbons (Fsp3) is 0.158. The van der Waals surface area contributed by atoms with Crippen LogP contribution in [0.1, 0.15) is 18.5 Å². The maximum atomic E-state index is 12.9. The first-order chi connectivity index (χ1) is 13.0. The zero-order valence-electron chi connectivity index (χ0n) is 14.6. The second-order valence-electron chi connectivity index (χ2n) is 5.97. The Morgan fingerprint density at radius 2 is 1.67 bits per heavy atom. The molecule has 0 spiro atoms. The number of nitrogens with zero attached hydrogens (tertiary/aromatic N) is 3. The summed E-state index contributed by atoms with van der Waals surface area (Å²) in [6.07, 6.45) is 2.99. The van der Waals surface area contributed by atoms with E-state index in [0.717, 1.165) is 5.56 Å². The van der Waals surface area contributed by atoms with Crippen molar-refractivity contribution in [3.05, 3.63) is 72.6 Å². The Morgan fingerprint density at radius 3 is 2.26 bits per heavy atom. The predicted octanol–water partition coefficient (Wildman–Crippen LogP) is 2.80. The summed E-state index contributed by atoms with van der Waals surface area (Å²) in [6, 6.07) is 12.1. The molecule has 2 N–H and O–H groups in total. The fourth-order valence-corrected chi connectivity index (χ4v) is 2.41. The van der Waals surface area contributed by atoms with Crippen LogP contribution in [-0.2, 0) is 16.0 Å². The van der Waals surface area contributed by atoms with Crippen LogP contribution in [-0.4, -0.2) is 26.6 Å². The highest BCUT2D eigenvalue weighted by Crippen LogP contribution is 2.16.